The number of benzene rings is 1. The second kappa shape index (κ2) is 4.97. The van der Waals surface area contributed by atoms with Gasteiger partial charge in [0.2, 0.25) is 0 Å². The zero-order chi connectivity index (χ0) is 10.0. The minimum atomic E-state index is -0.509. The van der Waals surface area contributed by atoms with Gasteiger partial charge in [-0.1, -0.05) is 17.4 Å². The minimum absolute atomic E-state index is 0.509. The number of aryl methyl sites for hydroxylation is 1. The largest absolute Gasteiger partial charge is 0.130 e. The van der Waals surface area contributed by atoms with Crippen LogP contribution < -0.4 is 0 Å². The lowest BCUT2D eigenvalue weighted by molar-refractivity contribution is 1.19. The van der Waals surface area contributed by atoms with Crippen molar-refractivity contribution in [2.45, 2.75) is 25.7 Å². The van der Waals surface area contributed by atoms with Gasteiger partial charge >= 0.3 is 0 Å². The molecule has 0 aliphatic heterocycles. The molecule has 0 bridgehead atoms. The van der Waals surface area contributed by atoms with Crippen LogP contribution in [0, 0.1) is 20.8 Å². The van der Waals surface area contributed by atoms with Gasteiger partial charge in [-0.3, -0.25) is 0 Å². The quantitative estimate of drug-likeness (QED) is 0.560. The molecule has 0 aromatic heterocycles. The summed E-state index contributed by atoms with van der Waals surface area (Å²) in [5.74, 6) is 0. The molecule has 0 aliphatic rings. The van der Waals surface area contributed by atoms with Crippen molar-refractivity contribution in [3.63, 3.8) is 0 Å². The molecule has 0 nitrogen and oxygen atoms in total. The van der Waals surface area contributed by atoms with E-state index in [1.54, 1.807) is 11.4 Å². The summed E-state index contributed by atoms with van der Waals surface area (Å²) in [6, 6.07) is 4.31. The number of hydrogen-bond acceptors (Lipinski definition) is 3. The molecular weight excluding hydrogens is 235 g/mol. The monoisotopic (exact) mass is 248 g/mol. The van der Waals surface area contributed by atoms with Crippen LogP contribution in [0.3, 0.4) is 0 Å². The molecule has 0 heterocycles. The summed E-state index contributed by atoms with van der Waals surface area (Å²) in [5.41, 5.74) is 3.58. The third kappa shape index (κ3) is 3.09. The molecular formula is C9H13PS3. The molecule has 0 saturated heterocycles. The second-order valence-electron chi connectivity index (χ2n) is 2.97. The maximum atomic E-state index is 4.31. The Morgan fingerprint density at radius 3 is 2.23 bits per heavy atom. The molecule has 1 aromatic carbocycles. The van der Waals surface area contributed by atoms with Crippen molar-refractivity contribution in [2.24, 2.45) is 0 Å². The summed E-state index contributed by atoms with van der Waals surface area (Å²) in [5, 5.41) is 0. The van der Waals surface area contributed by atoms with E-state index in [4.69, 9.17) is 0 Å². The number of thiol groups is 2. The third-order valence-electron chi connectivity index (χ3n) is 2.19. The third-order valence-corrected chi connectivity index (χ3v) is 5.54. The fourth-order valence-electron chi connectivity index (χ4n) is 1.12. The molecule has 13 heavy (non-hydrogen) atoms. The molecule has 4 heteroatoms. The van der Waals surface area contributed by atoms with E-state index in [1.807, 2.05) is 0 Å². The Morgan fingerprint density at radius 2 is 1.69 bits per heavy atom. The molecule has 72 valence electrons. The molecule has 0 amide bonds. The van der Waals surface area contributed by atoms with Gasteiger partial charge in [-0.15, -0.1) is 24.5 Å². The predicted molar refractivity (Wildman–Crippen MR) is 71.4 cm³/mol. The number of hydrogen-bond donors (Lipinski definition) is 2. The van der Waals surface area contributed by atoms with Crippen molar-refractivity contribution in [3.05, 3.63) is 28.8 Å². The van der Waals surface area contributed by atoms with Crippen molar-refractivity contribution in [3.8, 4) is 0 Å². The highest BCUT2D eigenvalue weighted by Crippen LogP contribution is 2.61. The molecule has 0 aliphatic carbocycles. The van der Waals surface area contributed by atoms with E-state index in [9.17, 15) is 0 Å². The maximum absolute atomic E-state index is 4.31. The van der Waals surface area contributed by atoms with Crippen LogP contribution in [-0.4, -0.2) is 0 Å². The smallest absolute Gasteiger partial charge is 0.0715 e. The van der Waals surface area contributed by atoms with E-state index >= 15 is 0 Å². The SMILES string of the molecule is Cc1ccc(SP(S)S)c(C)c1C. The standard InChI is InChI=1S/C9H13PS3/c1-6-4-5-9(13-10(11)12)8(3)7(6)2/h4-5,11-12H,1-3H3. The average Bonchev–Trinajstić information content (AvgIpc) is 2.06. The average molecular weight is 248 g/mol. The van der Waals surface area contributed by atoms with Crippen LogP contribution >= 0.6 is 41.4 Å². The van der Waals surface area contributed by atoms with Gasteiger partial charge in [-0.2, -0.15) is 0 Å². The summed E-state index contributed by atoms with van der Waals surface area (Å²) < 4.78 is 0. The van der Waals surface area contributed by atoms with Crippen LogP contribution in [0.5, 0.6) is 0 Å². The molecule has 0 spiro atoms. The second-order valence-corrected chi connectivity index (χ2v) is 10.7. The molecule has 0 radical (unpaired) electrons. The van der Waals surface area contributed by atoms with Crippen LogP contribution in [0.25, 0.3) is 0 Å². The van der Waals surface area contributed by atoms with Crippen molar-refractivity contribution in [2.75, 3.05) is 0 Å². The molecule has 0 atom stereocenters. The maximum Gasteiger partial charge on any atom is 0.0715 e. The first-order valence-electron chi connectivity index (χ1n) is 3.95. The lowest BCUT2D eigenvalue weighted by atomic mass is 10.1. The molecule has 1 rings (SSSR count). The van der Waals surface area contributed by atoms with Gasteiger partial charge in [0.15, 0.2) is 0 Å². The lowest BCUT2D eigenvalue weighted by Gasteiger charge is -2.11. The Hall–Kier alpha value is 0.700. The van der Waals surface area contributed by atoms with E-state index in [0.29, 0.717) is 0 Å². The van der Waals surface area contributed by atoms with E-state index in [-0.39, 0.29) is 0 Å². The first-order valence-corrected chi connectivity index (χ1v) is 9.02. The summed E-state index contributed by atoms with van der Waals surface area (Å²) in [4.78, 5) is 1.30. The van der Waals surface area contributed by atoms with Crippen LogP contribution in [0.2, 0.25) is 0 Å². The Kier molecular flexibility index (Phi) is 4.50. The summed E-state index contributed by atoms with van der Waals surface area (Å²) in [6.45, 7) is 6.46. The van der Waals surface area contributed by atoms with E-state index in [2.05, 4.69) is 57.4 Å². The Bertz CT molecular complexity index is 310. The highest BCUT2D eigenvalue weighted by atomic mass is 33.3. The van der Waals surface area contributed by atoms with Gasteiger partial charge in [0.1, 0.15) is 0 Å². The number of rotatable bonds is 2. The van der Waals surface area contributed by atoms with Crippen LogP contribution in [0.15, 0.2) is 17.0 Å². The predicted octanol–water partition coefficient (Wildman–Crippen LogP) is 4.79. The van der Waals surface area contributed by atoms with Gasteiger partial charge in [-0.05, 0) is 43.5 Å². The highest BCUT2D eigenvalue weighted by molar-refractivity contribution is 9.06. The van der Waals surface area contributed by atoms with Crippen molar-refractivity contribution >= 4 is 41.4 Å². The van der Waals surface area contributed by atoms with Crippen LogP contribution in [-0.2, 0) is 0 Å². The van der Waals surface area contributed by atoms with E-state index in [0.717, 1.165) is 0 Å². The van der Waals surface area contributed by atoms with Crippen molar-refractivity contribution in [1.29, 1.82) is 0 Å². The van der Waals surface area contributed by atoms with Crippen molar-refractivity contribution < 1.29 is 0 Å². The van der Waals surface area contributed by atoms with Crippen LogP contribution in [0.1, 0.15) is 16.7 Å². The normalized spacial score (nSPS) is 10.9. The topological polar surface area (TPSA) is 0 Å². The summed E-state index contributed by atoms with van der Waals surface area (Å²) >= 11 is 10.4. The minimum Gasteiger partial charge on any atom is -0.130 e. The highest BCUT2D eigenvalue weighted by Gasteiger charge is 2.06. The fraction of sp³-hybridized carbons (Fsp3) is 0.333. The lowest BCUT2D eigenvalue weighted by Crippen LogP contribution is -1.87. The zero-order valence-electron chi connectivity index (χ0n) is 7.90. The van der Waals surface area contributed by atoms with Crippen molar-refractivity contribution in [1.82, 2.24) is 0 Å². The first kappa shape index (κ1) is 11.8. The van der Waals surface area contributed by atoms with Gasteiger partial charge in [0.25, 0.3) is 0 Å². The fourth-order valence-corrected chi connectivity index (χ4v) is 4.42. The van der Waals surface area contributed by atoms with Gasteiger partial charge < -0.3 is 0 Å². The zero-order valence-corrected chi connectivity index (χ0v) is 11.4. The van der Waals surface area contributed by atoms with Gasteiger partial charge in [-0.25, -0.2) is 0 Å². The van der Waals surface area contributed by atoms with Gasteiger partial charge in [0, 0.05) is 4.90 Å². The van der Waals surface area contributed by atoms with E-state index < -0.39 is 5.53 Å². The molecule has 1 aromatic rings. The van der Waals surface area contributed by atoms with Crippen LogP contribution in [0.4, 0.5) is 0 Å². The molecule has 0 unspecified atom stereocenters. The Balaban J connectivity index is 3.04. The first-order chi connectivity index (χ1) is 6.02. The Morgan fingerprint density at radius 1 is 1.08 bits per heavy atom. The molecule has 0 saturated carbocycles. The van der Waals surface area contributed by atoms with E-state index in [1.165, 1.54) is 21.6 Å². The Labute approximate surface area is 95.7 Å². The summed E-state index contributed by atoms with van der Waals surface area (Å²) in [7, 11) is 0. The molecule has 0 fully saturated rings. The van der Waals surface area contributed by atoms with Gasteiger partial charge in [0.05, 0.1) is 5.53 Å². The summed E-state index contributed by atoms with van der Waals surface area (Å²) in [6.07, 6.45) is 0. The molecule has 0 N–H and O–H groups in total.